The third-order valence-electron chi connectivity index (χ3n) is 5.15. The van der Waals surface area contributed by atoms with Crippen molar-refractivity contribution in [1.82, 2.24) is 16.0 Å². The topological polar surface area (TPSA) is 87.3 Å². The normalized spacial score (nSPS) is 21.2. The molecule has 1 heterocycles. The summed E-state index contributed by atoms with van der Waals surface area (Å²) in [6.07, 6.45) is 1.67. The van der Waals surface area contributed by atoms with Crippen LogP contribution in [0.15, 0.2) is 42.5 Å². The van der Waals surface area contributed by atoms with Crippen LogP contribution < -0.4 is 16.0 Å². The molecule has 0 aromatic heterocycles. The standard InChI is InChI=1S/C20H17Cl2N3O3/c21-13-5-1-11(2-6-13)16-9-14(22)7-8-15(16)17(26)23-10-20(12-3-4-12)18(27)24-19(28)25-20/h1-2,5-9,12H,3-4,10H2,(H,23,26)(H2,24,25,27,28)/t20-/m0/s1. The predicted octanol–water partition coefficient (Wildman–Crippen LogP) is 3.38. The van der Waals surface area contributed by atoms with Crippen molar-refractivity contribution in [2.45, 2.75) is 18.4 Å². The van der Waals surface area contributed by atoms with E-state index < -0.39 is 17.5 Å². The highest BCUT2D eigenvalue weighted by Crippen LogP contribution is 2.41. The fraction of sp³-hybridized carbons (Fsp3) is 0.250. The summed E-state index contributed by atoms with van der Waals surface area (Å²) in [7, 11) is 0. The van der Waals surface area contributed by atoms with Crippen molar-refractivity contribution in [3.63, 3.8) is 0 Å². The minimum atomic E-state index is -1.08. The molecule has 3 N–H and O–H groups in total. The van der Waals surface area contributed by atoms with Crippen molar-refractivity contribution in [3.8, 4) is 11.1 Å². The van der Waals surface area contributed by atoms with Gasteiger partial charge in [0.05, 0.1) is 6.54 Å². The lowest BCUT2D eigenvalue weighted by Gasteiger charge is -2.26. The van der Waals surface area contributed by atoms with E-state index in [1.165, 1.54) is 0 Å². The van der Waals surface area contributed by atoms with Crippen LogP contribution in [0, 0.1) is 5.92 Å². The van der Waals surface area contributed by atoms with E-state index in [9.17, 15) is 14.4 Å². The Morgan fingerprint density at radius 2 is 1.75 bits per heavy atom. The first-order valence-electron chi connectivity index (χ1n) is 8.86. The number of carbonyl (C=O) groups is 3. The van der Waals surface area contributed by atoms with Crippen LogP contribution >= 0.6 is 23.2 Å². The molecule has 0 radical (unpaired) electrons. The van der Waals surface area contributed by atoms with Crippen LogP contribution in [-0.4, -0.2) is 29.9 Å². The minimum absolute atomic E-state index is 0.0246. The lowest BCUT2D eigenvalue weighted by atomic mass is 9.92. The van der Waals surface area contributed by atoms with Crippen molar-refractivity contribution < 1.29 is 14.4 Å². The maximum Gasteiger partial charge on any atom is 0.322 e. The van der Waals surface area contributed by atoms with E-state index in [0.717, 1.165) is 18.4 Å². The van der Waals surface area contributed by atoms with Gasteiger partial charge < -0.3 is 10.6 Å². The molecule has 1 saturated carbocycles. The summed E-state index contributed by atoms with van der Waals surface area (Å²) in [6, 6.07) is 11.5. The predicted molar refractivity (Wildman–Crippen MR) is 106 cm³/mol. The third-order valence-corrected chi connectivity index (χ3v) is 5.64. The second-order valence-corrected chi connectivity index (χ2v) is 7.91. The molecule has 28 heavy (non-hydrogen) atoms. The van der Waals surface area contributed by atoms with Crippen molar-refractivity contribution in [2.75, 3.05) is 6.54 Å². The number of benzene rings is 2. The van der Waals surface area contributed by atoms with Gasteiger partial charge in [0.25, 0.3) is 11.8 Å². The number of halogens is 2. The van der Waals surface area contributed by atoms with Gasteiger partial charge in [0.1, 0.15) is 5.54 Å². The van der Waals surface area contributed by atoms with Crippen LogP contribution in [-0.2, 0) is 4.79 Å². The largest absolute Gasteiger partial charge is 0.349 e. The Morgan fingerprint density at radius 1 is 1.07 bits per heavy atom. The number of carbonyl (C=O) groups excluding carboxylic acids is 3. The number of imide groups is 1. The van der Waals surface area contributed by atoms with Gasteiger partial charge in [-0.1, -0.05) is 35.3 Å². The number of urea groups is 1. The quantitative estimate of drug-likeness (QED) is 0.651. The smallest absolute Gasteiger partial charge is 0.322 e. The molecular formula is C20H17Cl2N3O3. The number of hydrogen-bond donors (Lipinski definition) is 3. The van der Waals surface area contributed by atoms with E-state index in [4.69, 9.17) is 23.2 Å². The van der Waals surface area contributed by atoms with Gasteiger partial charge in [-0.15, -0.1) is 0 Å². The molecule has 4 amide bonds. The third kappa shape index (κ3) is 3.45. The lowest BCUT2D eigenvalue weighted by molar-refractivity contribution is -0.124. The SMILES string of the molecule is O=C1NC(=O)[C@](CNC(=O)c2ccc(Cl)cc2-c2ccc(Cl)cc2)(C2CC2)N1. The molecule has 1 aliphatic heterocycles. The van der Waals surface area contributed by atoms with Crippen LogP contribution in [0.4, 0.5) is 4.79 Å². The van der Waals surface area contributed by atoms with Gasteiger partial charge in [-0.2, -0.15) is 0 Å². The minimum Gasteiger partial charge on any atom is -0.349 e. The zero-order valence-electron chi connectivity index (χ0n) is 14.7. The van der Waals surface area contributed by atoms with Crippen molar-refractivity contribution >= 4 is 41.0 Å². The zero-order valence-corrected chi connectivity index (χ0v) is 16.2. The second-order valence-electron chi connectivity index (χ2n) is 7.03. The first-order valence-corrected chi connectivity index (χ1v) is 9.62. The van der Waals surface area contributed by atoms with Gasteiger partial charge >= 0.3 is 6.03 Å². The maximum atomic E-state index is 12.9. The molecular weight excluding hydrogens is 401 g/mol. The highest BCUT2D eigenvalue weighted by atomic mass is 35.5. The van der Waals surface area contributed by atoms with Crippen LogP contribution in [0.5, 0.6) is 0 Å². The first kappa shape index (κ1) is 18.8. The molecule has 4 rings (SSSR count). The molecule has 2 fully saturated rings. The van der Waals surface area contributed by atoms with Gasteiger partial charge in [0, 0.05) is 15.6 Å². The summed E-state index contributed by atoms with van der Waals surface area (Å²) in [5, 5.41) is 8.87. The average Bonchev–Trinajstić information content (AvgIpc) is 3.47. The average molecular weight is 418 g/mol. The van der Waals surface area contributed by atoms with Gasteiger partial charge in [-0.05, 0) is 60.2 Å². The van der Waals surface area contributed by atoms with E-state index in [2.05, 4.69) is 16.0 Å². The van der Waals surface area contributed by atoms with E-state index in [0.29, 0.717) is 21.2 Å². The molecule has 144 valence electrons. The van der Waals surface area contributed by atoms with E-state index in [1.54, 1.807) is 42.5 Å². The summed E-state index contributed by atoms with van der Waals surface area (Å²) in [6.45, 7) is 0.0246. The number of amides is 4. The van der Waals surface area contributed by atoms with Crippen LogP contribution in [0.1, 0.15) is 23.2 Å². The van der Waals surface area contributed by atoms with Crippen molar-refractivity contribution in [1.29, 1.82) is 0 Å². The van der Waals surface area contributed by atoms with Crippen LogP contribution in [0.3, 0.4) is 0 Å². The van der Waals surface area contributed by atoms with Crippen LogP contribution in [0.2, 0.25) is 10.0 Å². The molecule has 1 saturated heterocycles. The monoisotopic (exact) mass is 417 g/mol. The molecule has 8 heteroatoms. The van der Waals surface area contributed by atoms with E-state index in [-0.39, 0.29) is 18.4 Å². The molecule has 6 nitrogen and oxygen atoms in total. The maximum absolute atomic E-state index is 12.9. The second kappa shape index (κ2) is 7.11. The summed E-state index contributed by atoms with van der Waals surface area (Å²) < 4.78 is 0. The molecule has 1 atom stereocenters. The summed E-state index contributed by atoms with van der Waals surface area (Å²) in [5.74, 6) is -0.717. The molecule has 2 aromatic rings. The summed E-state index contributed by atoms with van der Waals surface area (Å²) >= 11 is 12.1. The van der Waals surface area contributed by atoms with Crippen molar-refractivity contribution in [3.05, 3.63) is 58.1 Å². The Morgan fingerprint density at radius 3 is 2.36 bits per heavy atom. The first-order chi connectivity index (χ1) is 13.4. The van der Waals surface area contributed by atoms with Gasteiger partial charge in [0.15, 0.2) is 0 Å². The molecule has 0 unspecified atom stereocenters. The van der Waals surface area contributed by atoms with E-state index in [1.807, 2.05) is 0 Å². The van der Waals surface area contributed by atoms with Gasteiger partial charge in [0.2, 0.25) is 0 Å². The number of nitrogens with one attached hydrogen (secondary N) is 3. The molecule has 2 aliphatic rings. The lowest BCUT2D eigenvalue weighted by Crippen LogP contribution is -2.57. The molecule has 2 aromatic carbocycles. The Balaban J connectivity index is 1.59. The number of rotatable bonds is 5. The van der Waals surface area contributed by atoms with Crippen molar-refractivity contribution in [2.24, 2.45) is 5.92 Å². The molecule has 0 spiro atoms. The summed E-state index contributed by atoms with van der Waals surface area (Å²) in [5.41, 5.74) is 0.782. The van der Waals surface area contributed by atoms with Gasteiger partial charge in [-0.25, -0.2) is 4.79 Å². The Bertz CT molecular complexity index is 973. The fourth-order valence-electron chi connectivity index (χ4n) is 3.54. The molecule has 0 bridgehead atoms. The highest BCUT2D eigenvalue weighted by Gasteiger charge is 2.56. The van der Waals surface area contributed by atoms with Crippen LogP contribution in [0.25, 0.3) is 11.1 Å². The Labute approximate surface area is 171 Å². The summed E-state index contributed by atoms with van der Waals surface area (Å²) in [4.78, 5) is 36.9. The Kier molecular flexibility index (Phi) is 4.77. The number of hydrogen-bond acceptors (Lipinski definition) is 3. The Hall–Kier alpha value is -2.57. The fourth-order valence-corrected chi connectivity index (χ4v) is 3.83. The zero-order chi connectivity index (χ0) is 19.9. The van der Waals surface area contributed by atoms with E-state index >= 15 is 0 Å². The highest BCUT2D eigenvalue weighted by molar-refractivity contribution is 6.31. The van der Waals surface area contributed by atoms with Gasteiger partial charge in [-0.3, -0.25) is 14.9 Å². The molecule has 1 aliphatic carbocycles.